The van der Waals surface area contributed by atoms with Crippen LogP contribution in [0.1, 0.15) is 21.5 Å². The second kappa shape index (κ2) is 5.56. The fourth-order valence-electron chi connectivity index (χ4n) is 2.63. The van der Waals surface area contributed by atoms with E-state index in [1.54, 1.807) is 12.1 Å². The number of benzene rings is 2. The molecule has 0 radical (unpaired) electrons. The monoisotopic (exact) mass is 295 g/mol. The van der Waals surface area contributed by atoms with Crippen LogP contribution >= 0.6 is 0 Å². The maximum absolute atomic E-state index is 11.3. The number of rotatable bonds is 4. The Balaban J connectivity index is 1.93. The van der Waals surface area contributed by atoms with E-state index in [2.05, 4.69) is 0 Å². The van der Waals surface area contributed by atoms with Crippen LogP contribution in [0.2, 0.25) is 0 Å². The van der Waals surface area contributed by atoms with Gasteiger partial charge in [0.25, 0.3) is 0 Å². The second-order valence-corrected chi connectivity index (χ2v) is 5.37. The van der Waals surface area contributed by atoms with Crippen molar-refractivity contribution in [1.29, 1.82) is 0 Å². The summed E-state index contributed by atoms with van der Waals surface area (Å²) in [4.78, 5) is 11.3. The number of aryl methyl sites for hydroxylation is 2. The van der Waals surface area contributed by atoms with E-state index < -0.39 is 5.97 Å². The molecule has 22 heavy (non-hydrogen) atoms. The van der Waals surface area contributed by atoms with E-state index in [1.807, 2.05) is 55.1 Å². The highest BCUT2D eigenvalue weighted by atomic mass is 16.5. The van der Waals surface area contributed by atoms with Crippen molar-refractivity contribution in [3.63, 3.8) is 0 Å². The Hall–Kier alpha value is -2.75. The number of carbonyl (C=O) groups is 1. The molecule has 0 saturated carbocycles. The number of aromatic carboxylic acids is 1. The molecule has 3 aromatic rings. The average Bonchev–Trinajstić information content (AvgIpc) is 2.83. The molecule has 4 nitrogen and oxygen atoms in total. The lowest BCUT2D eigenvalue weighted by molar-refractivity contribution is 0.0698. The van der Waals surface area contributed by atoms with Crippen molar-refractivity contribution >= 4 is 16.9 Å². The van der Waals surface area contributed by atoms with Gasteiger partial charge in [-0.15, -0.1) is 0 Å². The fraction of sp³-hybridized carbons (Fsp3) is 0.167. The van der Waals surface area contributed by atoms with Gasteiger partial charge in [0.05, 0.1) is 11.1 Å². The smallest absolute Gasteiger partial charge is 0.337 e. The summed E-state index contributed by atoms with van der Waals surface area (Å²) in [6, 6.07) is 13.2. The highest BCUT2D eigenvalue weighted by Crippen LogP contribution is 2.25. The minimum Gasteiger partial charge on any atom is -0.489 e. The number of aromatic nitrogens is 1. The second-order valence-electron chi connectivity index (χ2n) is 5.37. The number of carboxylic acid groups (broad SMARTS) is 1. The van der Waals surface area contributed by atoms with E-state index >= 15 is 0 Å². The third-order valence-electron chi connectivity index (χ3n) is 3.73. The molecule has 0 amide bonds. The molecule has 112 valence electrons. The normalized spacial score (nSPS) is 10.8. The molecule has 0 bridgehead atoms. The lowest BCUT2D eigenvalue weighted by Crippen LogP contribution is -1.99. The first-order valence-corrected chi connectivity index (χ1v) is 7.06. The summed E-state index contributed by atoms with van der Waals surface area (Å²) in [6.45, 7) is 2.44. The third-order valence-corrected chi connectivity index (χ3v) is 3.73. The summed E-state index contributed by atoms with van der Waals surface area (Å²) < 4.78 is 7.65. The third kappa shape index (κ3) is 2.55. The molecule has 0 aliphatic heterocycles. The van der Waals surface area contributed by atoms with Crippen molar-refractivity contribution in [2.45, 2.75) is 13.5 Å². The predicted molar refractivity (Wildman–Crippen MR) is 85.4 cm³/mol. The van der Waals surface area contributed by atoms with Crippen molar-refractivity contribution in [2.75, 3.05) is 0 Å². The fourth-order valence-corrected chi connectivity index (χ4v) is 2.63. The van der Waals surface area contributed by atoms with Gasteiger partial charge in [-0.1, -0.05) is 29.8 Å². The Bertz CT molecular complexity index is 831. The van der Waals surface area contributed by atoms with Crippen LogP contribution in [-0.4, -0.2) is 15.6 Å². The van der Waals surface area contributed by atoms with E-state index in [0.29, 0.717) is 12.2 Å². The number of hydrogen-bond donors (Lipinski definition) is 1. The molecule has 0 unspecified atom stereocenters. The zero-order chi connectivity index (χ0) is 15.7. The topological polar surface area (TPSA) is 51.5 Å². The van der Waals surface area contributed by atoms with E-state index in [1.165, 1.54) is 5.56 Å². The standard InChI is InChI=1S/C18H17NO3/c1-12-6-8-14(9-7-12)22-11-13-10-19(2)17-15(13)4-3-5-16(17)18(20)21/h3-10H,11H2,1-2H3,(H,20,21). The van der Waals surface area contributed by atoms with Gasteiger partial charge in [-0.3, -0.25) is 0 Å². The van der Waals surface area contributed by atoms with Gasteiger partial charge < -0.3 is 14.4 Å². The largest absolute Gasteiger partial charge is 0.489 e. The van der Waals surface area contributed by atoms with Gasteiger partial charge in [-0.25, -0.2) is 4.79 Å². The van der Waals surface area contributed by atoms with Gasteiger partial charge >= 0.3 is 5.97 Å². The lowest BCUT2D eigenvalue weighted by Gasteiger charge is -2.06. The summed E-state index contributed by atoms with van der Waals surface area (Å²) in [6.07, 6.45) is 1.92. The molecule has 0 saturated heterocycles. The summed E-state index contributed by atoms with van der Waals surface area (Å²) in [5, 5.41) is 10.2. The first-order valence-electron chi connectivity index (χ1n) is 7.06. The Kier molecular flexibility index (Phi) is 3.59. The SMILES string of the molecule is Cc1ccc(OCc2cn(C)c3c(C(=O)O)cccc23)cc1. The van der Waals surface area contributed by atoms with E-state index in [0.717, 1.165) is 22.2 Å². The Morgan fingerprint density at radius 2 is 1.91 bits per heavy atom. The van der Waals surface area contributed by atoms with Gasteiger partial charge in [-0.05, 0) is 25.1 Å². The molecule has 3 rings (SSSR count). The van der Waals surface area contributed by atoms with Crippen LogP contribution in [-0.2, 0) is 13.7 Å². The molecule has 0 fully saturated rings. The average molecular weight is 295 g/mol. The van der Waals surface area contributed by atoms with Gasteiger partial charge in [0.15, 0.2) is 0 Å². The zero-order valence-electron chi connectivity index (χ0n) is 12.5. The molecule has 2 aromatic carbocycles. The first-order chi connectivity index (χ1) is 10.6. The number of nitrogens with zero attached hydrogens (tertiary/aromatic N) is 1. The van der Waals surface area contributed by atoms with Crippen LogP contribution in [0.4, 0.5) is 0 Å². The molecule has 1 heterocycles. The molecule has 0 spiro atoms. The zero-order valence-corrected chi connectivity index (χ0v) is 12.5. The predicted octanol–water partition coefficient (Wildman–Crippen LogP) is 3.76. The maximum atomic E-state index is 11.3. The maximum Gasteiger partial charge on any atom is 0.337 e. The molecular formula is C18H17NO3. The van der Waals surface area contributed by atoms with Crippen LogP contribution in [0.25, 0.3) is 10.9 Å². The van der Waals surface area contributed by atoms with Gasteiger partial charge in [0, 0.05) is 24.2 Å². The first kappa shape index (κ1) is 14.2. The lowest BCUT2D eigenvalue weighted by atomic mass is 10.1. The summed E-state index contributed by atoms with van der Waals surface area (Å²) >= 11 is 0. The van der Waals surface area contributed by atoms with Crippen molar-refractivity contribution in [3.8, 4) is 5.75 Å². The quantitative estimate of drug-likeness (QED) is 0.797. The molecule has 0 aliphatic carbocycles. The summed E-state index contributed by atoms with van der Waals surface area (Å²) in [5.41, 5.74) is 3.18. The van der Waals surface area contributed by atoms with Crippen molar-refractivity contribution in [3.05, 3.63) is 65.4 Å². The number of carboxylic acids is 1. The van der Waals surface area contributed by atoms with Crippen LogP contribution in [0, 0.1) is 6.92 Å². The minimum absolute atomic E-state index is 0.307. The Labute approximate surface area is 128 Å². The molecule has 0 atom stereocenters. The number of fused-ring (bicyclic) bond motifs is 1. The van der Waals surface area contributed by atoms with Crippen molar-refractivity contribution in [1.82, 2.24) is 4.57 Å². The molecule has 0 aliphatic rings. The highest BCUT2D eigenvalue weighted by Gasteiger charge is 2.14. The van der Waals surface area contributed by atoms with E-state index in [9.17, 15) is 9.90 Å². The Morgan fingerprint density at radius 1 is 1.18 bits per heavy atom. The molecule has 1 N–H and O–H groups in total. The van der Waals surface area contributed by atoms with Crippen LogP contribution < -0.4 is 4.74 Å². The van der Waals surface area contributed by atoms with E-state index in [-0.39, 0.29) is 0 Å². The number of hydrogen-bond acceptors (Lipinski definition) is 2. The van der Waals surface area contributed by atoms with Crippen LogP contribution in [0.3, 0.4) is 0 Å². The number of ether oxygens (including phenoxy) is 1. The number of para-hydroxylation sites is 1. The minimum atomic E-state index is -0.919. The van der Waals surface area contributed by atoms with Crippen LogP contribution in [0.5, 0.6) is 5.75 Å². The van der Waals surface area contributed by atoms with Crippen LogP contribution in [0.15, 0.2) is 48.7 Å². The van der Waals surface area contributed by atoms with Gasteiger partial charge in [-0.2, -0.15) is 0 Å². The van der Waals surface area contributed by atoms with Crippen molar-refractivity contribution < 1.29 is 14.6 Å². The van der Waals surface area contributed by atoms with Crippen molar-refractivity contribution in [2.24, 2.45) is 7.05 Å². The highest BCUT2D eigenvalue weighted by molar-refractivity contribution is 6.03. The van der Waals surface area contributed by atoms with Gasteiger partial charge in [0.2, 0.25) is 0 Å². The molecule has 4 heteroatoms. The molecule has 1 aromatic heterocycles. The summed E-state index contributed by atoms with van der Waals surface area (Å²) in [7, 11) is 1.85. The summed E-state index contributed by atoms with van der Waals surface area (Å²) in [5.74, 6) is -0.116. The van der Waals surface area contributed by atoms with Gasteiger partial charge in [0.1, 0.15) is 12.4 Å². The van der Waals surface area contributed by atoms with E-state index in [4.69, 9.17) is 4.74 Å². The molecular weight excluding hydrogens is 278 g/mol. The Morgan fingerprint density at radius 3 is 2.59 bits per heavy atom.